The van der Waals surface area contributed by atoms with Crippen LogP contribution >= 0.6 is 12.4 Å². The molecule has 86 valence electrons. The van der Waals surface area contributed by atoms with Gasteiger partial charge < -0.3 is 10.5 Å². The second kappa shape index (κ2) is 7.69. The van der Waals surface area contributed by atoms with Gasteiger partial charge in [0.05, 0.1) is 12.5 Å². The maximum Gasteiger partial charge on any atom is 0.308 e. The highest BCUT2D eigenvalue weighted by Gasteiger charge is 2.09. The zero-order valence-electron chi connectivity index (χ0n) is 8.63. The molecule has 4 nitrogen and oxygen atoms in total. The molecule has 0 heterocycles. The van der Waals surface area contributed by atoms with Gasteiger partial charge in [0, 0.05) is 0 Å². The van der Waals surface area contributed by atoms with Crippen molar-refractivity contribution in [3.05, 3.63) is 35.9 Å². The lowest BCUT2D eigenvalue weighted by Crippen LogP contribution is -2.22. The van der Waals surface area contributed by atoms with Crippen LogP contribution in [-0.2, 0) is 16.1 Å². The third-order valence-corrected chi connectivity index (χ3v) is 1.80. The van der Waals surface area contributed by atoms with Crippen molar-refractivity contribution in [2.24, 2.45) is 5.73 Å². The van der Waals surface area contributed by atoms with E-state index in [4.69, 9.17) is 15.7 Å². The highest BCUT2D eigenvalue weighted by Crippen LogP contribution is 2.02. The first-order valence-electron chi connectivity index (χ1n) is 4.57. The summed E-state index contributed by atoms with van der Waals surface area (Å²) in [5.41, 5.74) is 6.19. The molecular formula is C11H13ClN2O2. The lowest BCUT2D eigenvalue weighted by atomic mass is 10.2. The van der Waals surface area contributed by atoms with Gasteiger partial charge in [-0.15, -0.1) is 12.4 Å². The number of hydrogen-bond acceptors (Lipinski definition) is 4. The monoisotopic (exact) mass is 240 g/mol. The Morgan fingerprint density at radius 1 is 1.44 bits per heavy atom. The van der Waals surface area contributed by atoms with Gasteiger partial charge >= 0.3 is 5.97 Å². The van der Waals surface area contributed by atoms with Crippen LogP contribution in [0.25, 0.3) is 0 Å². The van der Waals surface area contributed by atoms with E-state index in [0.29, 0.717) is 0 Å². The van der Waals surface area contributed by atoms with Crippen molar-refractivity contribution < 1.29 is 9.53 Å². The molecule has 1 aromatic rings. The zero-order chi connectivity index (χ0) is 11.1. The fraction of sp³-hybridized carbons (Fsp3) is 0.273. The van der Waals surface area contributed by atoms with E-state index in [1.54, 1.807) is 6.07 Å². The molecule has 0 unspecified atom stereocenters. The Labute approximate surface area is 100 Å². The van der Waals surface area contributed by atoms with Gasteiger partial charge in [-0.05, 0) is 5.56 Å². The van der Waals surface area contributed by atoms with E-state index in [1.807, 2.05) is 30.3 Å². The summed E-state index contributed by atoms with van der Waals surface area (Å²) in [5.74, 6) is -0.451. The Morgan fingerprint density at radius 2 is 2.06 bits per heavy atom. The second-order valence-electron chi connectivity index (χ2n) is 3.09. The van der Waals surface area contributed by atoms with Gasteiger partial charge in [0.1, 0.15) is 12.6 Å². The summed E-state index contributed by atoms with van der Waals surface area (Å²) in [4.78, 5) is 11.1. The molecule has 2 N–H and O–H groups in total. The molecule has 0 radical (unpaired) electrons. The number of carbonyl (C=O) groups excluding carboxylic acids is 1. The van der Waals surface area contributed by atoms with E-state index in [0.717, 1.165) is 5.56 Å². The van der Waals surface area contributed by atoms with Crippen LogP contribution in [0.15, 0.2) is 30.3 Å². The summed E-state index contributed by atoms with van der Waals surface area (Å²) < 4.78 is 4.93. The van der Waals surface area contributed by atoms with Crippen molar-refractivity contribution in [1.29, 1.82) is 5.26 Å². The standard InChI is InChI=1S/C11H12N2O2.ClH/c12-7-10(13)6-11(14)15-8-9-4-2-1-3-5-9;/h1-5,10H,6,8,13H2;1H/t10-;/m1./s1. The predicted octanol–water partition coefficient (Wildman–Crippen LogP) is 1.39. The van der Waals surface area contributed by atoms with Crippen molar-refractivity contribution in [2.45, 2.75) is 19.1 Å². The molecule has 1 aromatic carbocycles. The van der Waals surface area contributed by atoms with Gasteiger partial charge in [0.2, 0.25) is 0 Å². The van der Waals surface area contributed by atoms with Crippen molar-refractivity contribution >= 4 is 18.4 Å². The van der Waals surface area contributed by atoms with E-state index >= 15 is 0 Å². The summed E-state index contributed by atoms with van der Waals surface area (Å²) in [7, 11) is 0. The average molecular weight is 241 g/mol. The smallest absolute Gasteiger partial charge is 0.308 e. The molecular weight excluding hydrogens is 228 g/mol. The summed E-state index contributed by atoms with van der Waals surface area (Å²) in [5, 5.41) is 8.39. The van der Waals surface area contributed by atoms with Gasteiger partial charge in [-0.3, -0.25) is 4.79 Å². The van der Waals surface area contributed by atoms with Gasteiger partial charge in [-0.25, -0.2) is 0 Å². The minimum Gasteiger partial charge on any atom is -0.461 e. The number of esters is 1. The van der Waals surface area contributed by atoms with Crippen LogP contribution in [0.5, 0.6) is 0 Å². The fourth-order valence-corrected chi connectivity index (χ4v) is 1.02. The maximum absolute atomic E-state index is 11.1. The SMILES string of the molecule is Cl.N#C[C@H](N)CC(=O)OCc1ccccc1. The highest BCUT2D eigenvalue weighted by atomic mass is 35.5. The summed E-state index contributed by atoms with van der Waals surface area (Å²) in [6, 6.07) is 10.3. The molecule has 5 heteroatoms. The Bertz CT molecular complexity index is 362. The third-order valence-electron chi connectivity index (χ3n) is 1.80. The highest BCUT2D eigenvalue weighted by molar-refractivity contribution is 5.85. The zero-order valence-corrected chi connectivity index (χ0v) is 9.44. The van der Waals surface area contributed by atoms with Crippen LogP contribution in [0.1, 0.15) is 12.0 Å². The average Bonchev–Trinajstić information content (AvgIpc) is 2.27. The van der Waals surface area contributed by atoms with E-state index in [-0.39, 0.29) is 25.4 Å². The van der Waals surface area contributed by atoms with Crippen molar-refractivity contribution in [2.75, 3.05) is 0 Å². The molecule has 0 saturated heterocycles. The Hall–Kier alpha value is -1.57. The molecule has 0 aliphatic rings. The number of benzene rings is 1. The number of nitrogens with zero attached hydrogens (tertiary/aromatic N) is 1. The normalized spacial score (nSPS) is 10.8. The second-order valence-corrected chi connectivity index (χ2v) is 3.09. The van der Waals surface area contributed by atoms with E-state index in [1.165, 1.54) is 0 Å². The first-order chi connectivity index (χ1) is 7.22. The Balaban J connectivity index is 0.00000225. The largest absolute Gasteiger partial charge is 0.461 e. The van der Waals surface area contributed by atoms with Crippen LogP contribution < -0.4 is 5.73 Å². The molecule has 0 spiro atoms. The van der Waals surface area contributed by atoms with Gasteiger partial charge in [-0.1, -0.05) is 30.3 Å². The Kier molecular flexibility index (Phi) is 6.93. The van der Waals surface area contributed by atoms with Crippen LogP contribution in [0.4, 0.5) is 0 Å². The fourth-order valence-electron chi connectivity index (χ4n) is 1.02. The topological polar surface area (TPSA) is 76.1 Å². The lowest BCUT2D eigenvalue weighted by Gasteiger charge is -2.05. The number of rotatable bonds is 4. The number of nitrogens with two attached hydrogens (primary N) is 1. The lowest BCUT2D eigenvalue weighted by molar-refractivity contribution is -0.145. The van der Waals surface area contributed by atoms with Gasteiger partial charge in [-0.2, -0.15) is 5.26 Å². The molecule has 0 fully saturated rings. The summed E-state index contributed by atoms with van der Waals surface area (Å²) >= 11 is 0. The maximum atomic E-state index is 11.1. The summed E-state index contributed by atoms with van der Waals surface area (Å²) in [6.07, 6.45) is -0.0661. The molecule has 0 saturated carbocycles. The van der Waals surface area contributed by atoms with Crippen LogP contribution in [-0.4, -0.2) is 12.0 Å². The number of nitriles is 1. The number of halogens is 1. The van der Waals surface area contributed by atoms with Crippen molar-refractivity contribution in [3.63, 3.8) is 0 Å². The quantitative estimate of drug-likeness (QED) is 0.807. The van der Waals surface area contributed by atoms with E-state index < -0.39 is 12.0 Å². The molecule has 0 amide bonds. The summed E-state index contributed by atoms with van der Waals surface area (Å²) in [6.45, 7) is 0.220. The molecule has 16 heavy (non-hydrogen) atoms. The molecule has 1 atom stereocenters. The molecule has 0 bridgehead atoms. The van der Waals surface area contributed by atoms with Crippen molar-refractivity contribution in [1.82, 2.24) is 0 Å². The minimum atomic E-state index is -0.784. The predicted molar refractivity (Wildman–Crippen MR) is 61.7 cm³/mol. The first kappa shape index (κ1) is 14.4. The number of ether oxygens (including phenoxy) is 1. The van der Waals surface area contributed by atoms with Gasteiger partial charge in [0.15, 0.2) is 0 Å². The molecule has 0 aromatic heterocycles. The first-order valence-corrected chi connectivity index (χ1v) is 4.57. The van der Waals surface area contributed by atoms with Gasteiger partial charge in [0.25, 0.3) is 0 Å². The number of hydrogen-bond donors (Lipinski definition) is 1. The minimum absolute atomic E-state index is 0. The molecule has 0 aliphatic carbocycles. The van der Waals surface area contributed by atoms with Crippen molar-refractivity contribution in [3.8, 4) is 6.07 Å². The molecule has 0 aliphatic heterocycles. The van der Waals surface area contributed by atoms with Crippen LogP contribution in [0.2, 0.25) is 0 Å². The van der Waals surface area contributed by atoms with E-state index in [9.17, 15) is 4.79 Å². The van der Waals surface area contributed by atoms with Crippen LogP contribution in [0, 0.1) is 11.3 Å². The Morgan fingerprint density at radius 3 is 2.62 bits per heavy atom. The molecule has 1 rings (SSSR count). The third kappa shape index (κ3) is 5.35. The number of carbonyl (C=O) groups is 1. The van der Waals surface area contributed by atoms with Crippen LogP contribution in [0.3, 0.4) is 0 Å². The van der Waals surface area contributed by atoms with E-state index in [2.05, 4.69) is 0 Å².